The molecule has 26 heavy (non-hydrogen) atoms. The molecule has 4 nitrogen and oxygen atoms in total. The molecule has 5 heteroatoms. The molecular formula is C21H23N3OS. The summed E-state index contributed by atoms with van der Waals surface area (Å²) >= 11 is 1.58. The second-order valence-corrected chi connectivity index (χ2v) is 8.13. The van der Waals surface area contributed by atoms with E-state index in [1.54, 1.807) is 15.9 Å². The first kappa shape index (κ1) is 18.3. The summed E-state index contributed by atoms with van der Waals surface area (Å²) in [6, 6.07) is 10.4. The van der Waals surface area contributed by atoms with Gasteiger partial charge in [-0.1, -0.05) is 43.7 Å². The standard InChI is InChI=1S/C21H23N3OS/c1-13(2)19-23-20-18(21(25)24(19)12-6-5-11-22)17(15(4)26-20)16-9-7-14(3)8-10-16/h7-10,13H,5-6,12H2,1-4H3. The van der Waals surface area contributed by atoms with Crippen LogP contribution >= 0.6 is 11.3 Å². The highest BCUT2D eigenvalue weighted by Gasteiger charge is 2.20. The van der Waals surface area contributed by atoms with Crippen LogP contribution in [0.2, 0.25) is 0 Å². The first-order valence-corrected chi connectivity index (χ1v) is 9.73. The molecule has 0 aliphatic carbocycles. The van der Waals surface area contributed by atoms with E-state index in [0.717, 1.165) is 26.7 Å². The molecule has 3 rings (SSSR count). The zero-order valence-corrected chi connectivity index (χ0v) is 16.5. The minimum Gasteiger partial charge on any atom is -0.296 e. The van der Waals surface area contributed by atoms with E-state index in [1.165, 1.54) is 5.56 Å². The van der Waals surface area contributed by atoms with Crippen LogP contribution in [0.15, 0.2) is 29.1 Å². The van der Waals surface area contributed by atoms with Crippen molar-refractivity contribution in [2.24, 2.45) is 0 Å². The lowest BCUT2D eigenvalue weighted by Crippen LogP contribution is -2.26. The molecule has 0 amide bonds. The van der Waals surface area contributed by atoms with Crippen LogP contribution in [0.25, 0.3) is 21.3 Å². The van der Waals surface area contributed by atoms with E-state index in [0.29, 0.717) is 24.8 Å². The van der Waals surface area contributed by atoms with E-state index in [2.05, 4.69) is 58.0 Å². The second kappa shape index (κ2) is 7.43. The van der Waals surface area contributed by atoms with Crippen molar-refractivity contribution >= 4 is 21.6 Å². The number of nitrogens with zero attached hydrogens (tertiary/aromatic N) is 3. The van der Waals surface area contributed by atoms with E-state index in [4.69, 9.17) is 10.2 Å². The smallest absolute Gasteiger partial charge is 0.262 e. The lowest BCUT2D eigenvalue weighted by Gasteiger charge is -2.14. The Kier molecular flexibility index (Phi) is 5.24. The number of hydrogen-bond donors (Lipinski definition) is 0. The Balaban J connectivity index is 2.27. The molecule has 1 aromatic carbocycles. The van der Waals surface area contributed by atoms with Crippen LogP contribution in [0.4, 0.5) is 0 Å². The molecule has 0 aliphatic heterocycles. The topological polar surface area (TPSA) is 58.7 Å². The molecule has 3 aromatic rings. The van der Waals surface area contributed by atoms with Crippen LogP contribution in [0, 0.1) is 25.2 Å². The normalized spacial score (nSPS) is 11.2. The maximum absolute atomic E-state index is 13.4. The minimum atomic E-state index is 0.0107. The average Bonchev–Trinajstić information content (AvgIpc) is 2.94. The Labute approximate surface area is 157 Å². The van der Waals surface area contributed by atoms with E-state index in [9.17, 15) is 4.79 Å². The Morgan fingerprint density at radius 1 is 1.23 bits per heavy atom. The molecule has 0 bridgehead atoms. The molecule has 2 aromatic heterocycles. The van der Waals surface area contributed by atoms with Gasteiger partial charge in [-0.05, 0) is 25.8 Å². The van der Waals surface area contributed by atoms with Gasteiger partial charge in [0.2, 0.25) is 0 Å². The third kappa shape index (κ3) is 3.30. The van der Waals surface area contributed by atoms with Gasteiger partial charge in [-0.3, -0.25) is 9.36 Å². The number of aryl methyl sites for hydroxylation is 2. The van der Waals surface area contributed by atoms with Gasteiger partial charge in [-0.25, -0.2) is 4.98 Å². The van der Waals surface area contributed by atoms with Gasteiger partial charge in [0.1, 0.15) is 10.7 Å². The number of fused-ring (bicyclic) bond motifs is 1. The first-order chi connectivity index (χ1) is 12.4. The molecule has 0 radical (unpaired) electrons. The molecule has 0 fully saturated rings. The third-order valence-corrected chi connectivity index (χ3v) is 5.54. The fraction of sp³-hybridized carbons (Fsp3) is 0.381. The summed E-state index contributed by atoms with van der Waals surface area (Å²) in [5.41, 5.74) is 3.25. The van der Waals surface area contributed by atoms with Crippen molar-refractivity contribution in [3.8, 4) is 17.2 Å². The molecule has 0 spiro atoms. The summed E-state index contributed by atoms with van der Waals surface area (Å²) in [5.74, 6) is 0.955. The van der Waals surface area contributed by atoms with E-state index in [1.807, 2.05) is 0 Å². The van der Waals surface area contributed by atoms with Gasteiger partial charge in [-0.2, -0.15) is 5.26 Å². The Hall–Kier alpha value is -2.45. The summed E-state index contributed by atoms with van der Waals surface area (Å²) in [6.07, 6.45) is 1.10. The maximum atomic E-state index is 13.4. The van der Waals surface area contributed by atoms with Crippen LogP contribution in [-0.2, 0) is 6.54 Å². The van der Waals surface area contributed by atoms with Crippen molar-refractivity contribution in [2.45, 2.75) is 53.0 Å². The van der Waals surface area contributed by atoms with Gasteiger partial charge in [0.15, 0.2) is 0 Å². The SMILES string of the molecule is Cc1ccc(-c2c(C)sc3nc(C(C)C)n(CCCC#N)c(=O)c23)cc1. The van der Waals surface area contributed by atoms with E-state index in [-0.39, 0.29) is 11.5 Å². The number of benzene rings is 1. The molecular weight excluding hydrogens is 342 g/mol. The summed E-state index contributed by atoms with van der Waals surface area (Å²) in [7, 11) is 0. The largest absolute Gasteiger partial charge is 0.296 e. The molecule has 2 heterocycles. The highest BCUT2D eigenvalue weighted by atomic mass is 32.1. The lowest BCUT2D eigenvalue weighted by molar-refractivity contribution is 0.568. The molecule has 0 unspecified atom stereocenters. The maximum Gasteiger partial charge on any atom is 0.262 e. The number of aromatic nitrogens is 2. The Morgan fingerprint density at radius 3 is 2.54 bits per heavy atom. The number of unbranched alkanes of at least 4 members (excludes halogenated alkanes) is 1. The van der Waals surface area contributed by atoms with Crippen molar-refractivity contribution in [1.82, 2.24) is 9.55 Å². The van der Waals surface area contributed by atoms with Gasteiger partial charge in [0.25, 0.3) is 5.56 Å². The van der Waals surface area contributed by atoms with Gasteiger partial charge in [-0.15, -0.1) is 11.3 Å². The molecule has 0 N–H and O–H groups in total. The Bertz CT molecular complexity index is 1040. The summed E-state index contributed by atoms with van der Waals surface area (Å²) < 4.78 is 1.77. The fourth-order valence-electron chi connectivity index (χ4n) is 3.25. The number of rotatable bonds is 5. The molecule has 0 aliphatic rings. The van der Waals surface area contributed by atoms with Gasteiger partial charge >= 0.3 is 0 Å². The molecule has 0 saturated heterocycles. The zero-order valence-electron chi connectivity index (χ0n) is 15.7. The highest BCUT2D eigenvalue weighted by molar-refractivity contribution is 7.19. The van der Waals surface area contributed by atoms with Crippen LogP contribution in [0.5, 0.6) is 0 Å². The van der Waals surface area contributed by atoms with E-state index >= 15 is 0 Å². The fourth-order valence-corrected chi connectivity index (χ4v) is 4.29. The third-order valence-electron chi connectivity index (χ3n) is 4.54. The van der Waals surface area contributed by atoms with E-state index < -0.39 is 0 Å². The zero-order chi connectivity index (χ0) is 18.8. The average molecular weight is 366 g/mol. The minimum absolute atomic E-state index is 0.0107. The first-order valence-electron chi connectivity index (χ1n) is 8.91. The monoisotopic (exact) mass is 365 g/mol. The van der Waals surface area contributed by atoms with Crippen molar-refractivity contribution in [3.05, 3.63) is 50.9 Å². The quantitative estimate of drug-likeness (QED) is 0.586. The van der Waals surface area contributed by atoms with Crippen LogP contribution in [0.3, 0.4) is 0 Å². The van der Waals surface area contributed by atoms with Crippen molar-refractivity contribution in [1.29, 1.82) is 5.26 Å². The van der Waals surface area contributed by atoms with Crippen LogP contribution in [-0.4, -0.2) is 9.55 Å². The summed E-state index contributed by atoms with van der Waals surface area (Å²) in [4.78, 5) is 20.1. The van der Waals surface area contributed by atoms with Crippen molar-refractivity contribution < 1.29 is 0 Å². The van der Waals surface area contributed by atoms with Crippen LogP contribution < -0.4 is 5.56 Å². The van der Waals surface area contributed by atoms with Gasteiger partial charge in [0, 0.05) is 29.3 Å². The molecule has 0 saturated carbocycles. The number of thiophene rings is 1. The molecule has 134 valence electrons. The second-order valence-electron chi connectivity index (χ2n) is 6.92. The Morgan fingerprint density at radius 2 is 1.92 bits per heavy atom. The van der Waals surface area contributed by atoms with Crippen LogP contribution in [0.1, 0.15) is 48.9 Å². The summed E-state index contributed by atoms with van der Waals surface area (Å²) in [5, 5.41) is 9.54. The van der Waals surface area contributed by atoms with Gasteiger partial charge in [0.05, 0.1) is 11.5 Å². The lowest BCUT2D eigenvalue weighted by atomic mass is 10.0. The van der Waals surface area contributed by atoms with Gasteiger partial charge < -0.3 is 0 Å². The van der Waals surface area contributed by atoms with Crippen molar-refractivity contribution in [2.75, 3.05) is 0 Å². The van der Waals surface area contributed by atoms with Crippen molar-refractivity contribution in [3.63, 3.8) is 0 Å². The molecule has 0 atom stereocenters. The number of hydrogen-bond acceptors (Lipinski definition) is 4. The predicted molar refractivity (Wildman–Crippen MR) is 108 cm³/mol. The summed E-state index contributed by atoms with van der Waals surface area (Å²) in [6.45, 7) is 8.74. The predicted octanol–water partition coefficient (Wildman–Crippen LogP) is 5.17. The highest BCUT2D eigenvalue weighted by Crippen LogP contribution is 2.36. The number of nitriles is 1.